The van der Waals surface area contributed by atoms with Crippen LogP contribution in [0.5, 0.6) is 11.5 Å². The third-order valence-electron chi connectivity index (χ3n) is 4.67. The van der Waals surface area contributed by atoms with Crippen LogP contribution < -0.4 is 19.7 Å². The van der Waals surface area contributed by atoms with E-state index in [4.69, 9.17) is 9.47 Å². The molecule has 0 aromatic heterocycles. The Morgan fingerprint density at radius 3 is 2.42 bits per heavy atom. The van der Waals surface area contributed by atoms with E-state index in [-0.39, 0.29) is 17.8 Å². The molecule has 2 aliphatic rings. The molecule has 1 aromatic rings. The van der Waals surface area contributed by atoms with Crippen molar-refractivity contribution in [1.29, 1.82) is 0 Å². The summed E-state index contributed by atoms with van der Waals surface area (Å²) in [6, 6.07) is 3.71. The number of hydrogen-bond donors (Lipinski definition) is 2. The number of carbonyl (C=O) groups is 2. The monoisotopic (exact) mass is 378 g/mol. The molecule has 2 fully saturated rings. The van der Waals surface area contributed by atoms with E-state index in [1.54, 1.807) is 20.3 Å². The van der Waals surface area contributed by atoms with E-state index >= 15 is 0 Å². The minimum Gasteiger partial charge on any atom is -0.493 e. The van der Waals surface area contributed by atoms with Gasteiger partial charge in [0.2, 0.25) is 0 Å². The highest BCUT2D eigenvalue weighted by Gasteiger charge is 2.27. The summed E-state index contributed by atoms with van der Waals surface area (Å²) in [6.07, 6.45) is 3.50. The number of aliphatic hydroxyl groups is 1. The smallest absolute Gasteiger partial charge is 0.290 e. The van der Waals surface area contributed by atoms with Crippen LogP contribution in [-0.4, -0.2) is 50.2 Å². The third-order valence-corrected chi connectivity index (χ3v) is 5.49. The molecule has 26 heavy (non-hydrogen) atoms. The molecule has 0 saturated carbocycles. The number of amides is 2. The summed E-state index contributed by atoms with van der Waals surface area (Å²) in [7, 11) is 3.14. The predicted octanol–water partition coefficient (Wildman–Crippen LogP) is 2.24. The highest BCUT2D eigenvalue weighted by atomic mass is 32.2. The molecule has 8 heteroatoms. The van der Waals surface area contributed by atoms with Crippen LogP contribution in [0, 0.1) is 5.92 Å². The van der Waals surface area contributed by atoms with Gasteiger partial charge in [-0.05, 0) is 42.7 Å². The van der Waals surface area contributed by atoms with Crippen LogP contribution >= 0.6 is 11.8 Å². The van der Waals surface area contributed by atoms with Crippen LogP contribution in [0.25, 0.3) is 6.08 Å². The second-order valence-corrected chi connectivity index (χ2v) is 7.25. The average molecular weight is 378 g/mol. The topological polar surface area (TPSA) is 88.1 Å². The summed E-state index contributed by atoms with van der Waals surface area (Å²) in [5.41, 5.74) is 1.71. The minimum absolute atomic E-state index is 0.204. The Morgan fingerprint density at radius 1 is 1.23 bits per heavy atom. The van der Waals surface area contributed by atoms with E-state index in [1.807, 2.05) is 12.1 Å². The fourth-order valence-corrected chi connectivity index (χ4v) is 3.87. The van der Waals surface area contributed by atoms with Crippen LogP contribution in [0.1, 0.15) is 18.4 Å². The summed E-state index contributed by atoms with van der Waals surface area (Å²) in [6.45, 7) is 1.81. The first kappa shape index (κ1) is 18.6. The van der Waals surface area contributed by atoms with Crippen molar-refractivity contribution in [3.05, 3.63) is 22.6 Å². The summed E-state index contributed by atoms with van der Waals surface area (Å²) < 4.78 is 10.8. The van der Waals surface area contributed by atoms with Gasteiger partial charge in [-0.1, -0.05) is 0 Å². The molecule has 2 heterocycles. The molecule has 2 saturated heterocycles. The Bertz CT molecular complexity index is 741. The lowest BCUT2D eigenvalue weighted by molar-refractivity contribution is -0.115. The van der Waals surface area contributed by atoms with Gasteiger partial charge in [0.15, 0.2) is 11.5 Å². The van der Waals surface area contributed by atoms with Crippen LogP contribution in [0.3, 0.4) is 0 Å². The quantitative estimate of drug-likeness (QED) is 0.760. The summed E-state index contributed by atoms with van der Waals surface area (Å²) in [4.78, 5) is 25.9. The van der Waals surface area contributed by atoms with E-state index < -0.39 is 0 Å². The van der Waals surface area contributed by atoms with Gasteiger partial charge in [0.1, 0.15) is 0 Å². The standard InChI is InChI=1S/C18H22N2O5S/c1-24-14-7-12(8-16-17(22)19-18(23)26-16)13(9-15(14)25-2)20-5-3-11(10-21)4-6-20/h7-9,11,21H,3-6,10H2,1-2H3,(H,19,22,23)/b16-8-. The van der Waals surface area contributed by atoms with Crippen LogP contribution in [0.4, 0.5) is 10.5 Å². The van der Waals surface area contributed by atoms with Crippen molar-refractivity contribution in [2.45, 2.75) is 12.8 Å². The molecule has 1 aromatic carbocycles. The third kappa shape index (κ3) is 3.81. The molecule has 140 valence electrons. The molecule has 0 radical (unpaired) electrons. The van der Waals surface area contributed by atoms with Gasteiger partial charge in [-0.15, -0.1) is 0 Å². The van der Waals surface area contributed by atoms with Gasteiger partial charge in [0.05, 0.1) is 19.1 Å². The number of imide groups is 1. The van der Waals surface area contributed by atoms with Crippen LogP contribution in [0.2, 0.25) is 0 Å². The molecular weight excluding hydrogens is 356 g/mol. The molecule has 0 bridgehead atoms. The first-order chi connectivity index (χ1) is 12.5. The van der Waals surface area contributed by atoms with Gasteiger partial charge < -0.3 is 19.5 Å². The lowest BCUT2D eigenvalue weighted by Gasteiger charge is -2.34. The number of anilines is 1. The van der Waals surface area contributed by atoms with Crippen molar-refractivity contribution < 1.29 is 24.2 Å². The van der Waals surface area contributed by atoms with Crippen molar-refractivity contribution >= 4 is 34.7 Å². The van der Waals surface area contributed by atoms with E-state index in [9.17, 15) is 14.7 Å². The number of ether oxygens (including phenoxy) is 2. The minimum atomic E-state index is -0.389. The number of aliphatic hydroxyl groups excluding tert-OH is 1. The Hall–Kier alpha value is -2.19. The Kier molecular flexibility index (Phi) is 5.73. The highest BCUT2D eigenvalue weighted by molar-refractivity contribution is 8.18. The maximum atomic E-state index is 11.9. The molecule has 2 amide bonds. The number of rotatable bonds is 5. The average Bonchev–Trinajstić information content (AvgIpc) is 2.98. The number of nitrogens with zero attached hydrogens (tertiary/aromatic N) is 1. The van der Waals surface area contributed by atoms with Gasteiger partial charge >= 0.3 is 0 Å². The van der Waals surface area contributed by atoms with E-state index in [0.717, 1.165) is 48.9 Å². The van der Waals surface area contributed by atoms with Crippen molar-refractivity contribution in [2.24, 2.45) is 5.92 Å². The maximum Gasteiger partial charge on any atom is 0.290 e. The Morgan fingerprint density at radius 2 is 1.88 bits per heavy atom. The Labute approximate surface area is 156 Å². The molecule has 0 atom stereocenters. The summed E-state index contributed by atoms with van der Waals surface area (Å²) in [5.74, 6) is 1.10. The first-order valence-corrected chi connectivity index (χ1v) is 9.24. The fourth-order valence-electron chi connectivity index (χ4n) is 3.19. The molecule has 3 rings (SSSR count). The second-order valence-electron chi connectivity index (χ2n) is 6.23. The van der Waals surface area contributed by atoms with Crippen LogP contribution in [0.15, 0.2) is 17.0 Å². The van der Waals surface area contributed by atoms with Crippen LogP contribution in [-0.2, 0) is 4.79 Å². The molecule has 0 spiro atoms. The highest BCUT2D eigenvalue weighted by Crippen LogP contribution is 2.39. The van der Waals surface area contributed by atoms with Gasteiger partial charge in [-0.2, -0.15) is 0 Å². The molecule has 2 aliphatic heterocycles. The number of thioether (sulfide) groups is 1. The number of methoxy groups -OCH3 is 2. The Balaban J connectivity index is 2.00. The maximum absolute atomic E-state index is 11.9. The zero-order valence-corrected chi connectivity index (χ0v) is 15.6. The SMILES string of the molecule is COc1cc(/C=C2\SC(=O)NC2=O)c(N2CCC(CO)CC2)cc1OC. The number of hydrogen-bond acceptors (Lipinski definition) is 7. The van der Waals surface area contributed by atoms with Crippen molar-refractivity contribution in [3.63, 3.8) is 0 Å². The molecule has 2 N–H and O–H groups in total. The summed E-state index contributed by atoms with van der Waals surface area (Å²) >= 11 is 0.889. The second kappa shape index (κ2) is 8.01. The molecule has 7 nitrogen and oxygen atoms in total. The van der Waals surface area contributed by atoms with Gasteiger partial charge in [0.25, 0.3) is 11.1 Å². The van der Waals surface area contributed by atoms with Crippen molar-refractivity contribution in [1.82, 2.24) is 5.32 Å². The number of piperidine rings is 1. The molecular formula is C18H22N2O5S. The predicted molar refractivity (Wildman–Crippen MR) is 101 cm³/mol. The number of benzene rings is 1. The lowest BCUT2D eigenvalue weighted by Crippen LogP contribution is -2.35. The largest absolute Gasteiger partial charge is 0.493 e. The normalized spacial score (nSPS) is 19.8. The number of carbonyl (C=O) groups excluding carboxylic acids is 2. The summed E-state index contributed by atoms with van der Waals surface area (Å²) in [5, 5.41) is 11.3. The van der Waals surface area contributed by atoms with E-state index in [2.05, 4.69) is 10.2 Å². The molecule has 0 aliphatic carbocycles. The zero-order chi connectivity index (χ0) is 18.7. The van der Waals surface area contributed by atoms with Gasteiger partial charge in [-0.3, -0.25) is 14.9 Å². The van der Waals surface area contributed by atoms with Crippen molar-refractivity contribution in [2.75, 3.05) is 38.8 Å². The fraction of sp³-hybridized carbons (Fsp3) is 0.444. The first-order valence-electron chi connectivity index (χ1n) is 8.42. The van der Waals surface area contributed by atoms with Gasteiger partial charge in [0, 0.05) is 37.0 Å². The lowest BCUT2D eigenvalue weighted by atomic mass is 9.96. The number of nitrogens with one attached hydrogen (secondary N) is 1. The van der Waals surface area contributed by atoms with Gasteiger partial charge in [-0.25, -0.2) is 0 Å². The molecule has 0 unspecified atom stereocenters. The van der Waals surface area contributed by atoms with E-state index in [1.165, 1.54) is 0 Å². The van der Waals surface area contributed by atoms with E-state index in [0.29, 0.717) is 22.3 Å². The zero-order valence-electron chi connectivity index (χ0n) is 14.8. The van der Waals surface area contributed by atoms with Crippen molar-refractivity contribution in [3.8, 4) is 11.5 Å².